The van der Waals surface area contributed by atoms with Crippen molar-refractivity contribution in [2.24, 2.45) is 5.73 Å². The fourth-order valence-electron chi connectivity index (χ4n) is 1.18. The minimum Gasteiger partial charge on any atom is -0.396 e. The van der Waals surface area contributed by atoms with E-state index in [0.29, 0.717) is 6.42 Å². The molecule has 0 aliphatic heterocycles. The minimum absolute atomic E-state index is 0.0444. The third-order valence-electron chi connectivity index (χ3n) is 1.96. The number of benzene rings is 1. The molecule has 0 aromatic heterocycles. The van der Waals surface area contributed by atoms with Gasteiger partial charge < -0.3 is 10.8 Å². The van der Waals surface area contributed by atoms with Crippen LogP contribution in [0.15, 0.2) is 29.2 Å². The average molecular weight is 197 g/mol. The van der Waals surface area contributed by atoms with Crippen LogP contribution in [-0.4, -0.2) is 18.0 Å². The van der Waals surface area contributed by atoms with E-state index in [1.807, 2.05) is 18.4 Å². The van der Waals surface area contributed by atoms with E-state index in [-0.39, 0.29) is 12.6 Å². The lowest BCUT2D eigenvalue weighted by Gasteiger charge is -2.10. The van der Waals surface area contributed by atoms with Gasteiger partial charge in [-0.3, -0.25) is 0 Å². The predicted molar refractivity (Wildman–Crippen MR) is 56.9 cm³/mol. The summed E-state index contributed by atoms with van der Waals surface area (Å²) in [5, 5.41) is 8.74. The number of aliphatic hydroxyl groups excluding tert-OH is 1. The summed E-state index contributed by atoms with van der Waals surface area (Å²) >= 11 is 1.70. The maximum absolute atomic E-state index is 8.74. The molecule has 0 bridgehead atoms. The fraction of sp³-hybridized carbons (Fsp3) is 0.400. The number of thioether (sulfide) groups is 1. The summed E-state index contributed by atoms with van der Waals surface area (Å²) in [5.74, 6) is 0. The van der Waals surface area contributed by atoms with Crippen molar-refractivity contribution in [3.63, 3.8) is 0 Å². The molecular weight excluding hydrogens is 182 g/mol. The van der Waals surface area contributed by atoms with Crippen LogP contribution in [0.1, 0.15) is 18.0 Å². The molecule has 0 saturated heterocycles. The Bertz CT molecular complexity index is 265. The Kier molecular flexibility index (Phi) is 4.28. The van der Waals surface area contributed by atoms with Gasteiger partial charge in [0.15, 0.2) is 0 Å². The molecule has 3 heteroatoms. The average Bonchev–Trinajstić information content (AvgIpc) is 2.18. The molecule has 1 aromatic carbocycles. The molecule has 0 unspecified atom stereocenters. The van der Waals surface area contributed by atoms with Crippen LogP contribution < -0.4 is 5.73 Å². The maximum Gasteiger partial charge on any atom is 0.0449 e. The molecule has 1 rings (SSSR count). The molecule has 0 heterocycles. The van der Waals surface area contributed by atoms with Crippen LogP contribution in [0, 0.1) is 0 Å². The van der Waals surface area contributed by atoms with Gasteiger partial charge in [-0.2, -0.15) is 0 Å². The zero-order chi connectivity index (χ0) is 9.68. The second-order valence-corrected chi connectivity index (χ2v) is 3.78. The van der Waals surface area contributed by atoms with Gasteiger partial charge in [-0.1, -0.05) is 12.1 Å². The third kappa shape index (κ3) is 3.03. The van der Waals surface area contributed by atoms with Gasteiger partial charge in [0.1, 0.15) is 0 Å². The summed E-state index contributed by atoms with van der Waals surface area (Å²) in [4.78, 5) is 1.21. The van der Waals surface area contributed by atoms with E-state index < -0.39 is 0 Å². The fourth-order valence-corrected chi connectivity index (χ4v) is 1.65. The molecule has 72 valence electrons. The lowest BCUT2D eigenvalue weighted by Crippen LogP contribution is -2.11. The highest BCUT2D eigenvalue weighted by molar-refractivity contribution is 7.98. The predicted octanol–water partition coefficient (Wildman–Crippen LogP) is 1.79. The zero-order valence-electron chi connectivity index (χ0n) is 7.73. The first-order valence-corrected chi connectivity index (χ1v) is 5.50. The number of rotatable bonds is 4. The number of aliphatic hydroxyl groups is 1. The summed E-state index contributed by atoms with van der Waals surface area (Å²) < 4.78 is 0. The lowest BCUT2D eigenvalue weighted by atomic mass is 10.1. The first-order valence-electron chi connectivity index (χ1n) is 4.28. The lowest BCUT2D eigenvalue weighted by molar-refractivity contribution is 0.276. The Morgan fingerprint density at radius 3 is 2.92 bits per heavy atom. The largest absolute Gasteiger partial charge is 0.396 e. The smallest absolute Gasteiger partial charge is 0.0449 e. The van der Waals surface area contributed by atoms with Crippen LogP contribution in [0.25, 0.3) is 0 Å². The minimum atomic E-state index is -0.0444. The van der Waals surface area contributed by atoms with E-state index in [1.54, 1.807) is 11.8 Å². The van der Waals surface area contributed by atoms with Crippen molar-refractivity contribution in [1.29, 1.82) is 0 Å². The Hall–Kier alpha value is -0.510. The van der Waals surface area contributed by atoms with E-state index >= 15 is 0 Å². The molecule has 3 N–H and O–H groups in total. The van der Waals surface area contributed by atoms with E-state index in [9.17, 15) is 0 Å². The first kappa shape index (κ1) is 10.6. The van der Waals surface area contributed by atoms with Crippen molar-refractivity contribution >= 4 is 11.8 Å². The van der Waals surface area contributed by atoms with Crippen LogP contribution in [0.2, 0.25) is 0 Å². The molecule has 0 amide bonds. The van der Waals surface area contributed by atoms with Crippen molar-refractivity contribution in [2.45, 2.75) is 17.4 Å². The zero-order valence-corrected chi connectivity index (χ0v) is 8.55. The maximum atomic E-state index is 8.74. The molecule has 0 aliphatic rings. The van der Waals surface area contributed by atoms with Gasteiger partial charge in [0.05, 0.1) is 0 Å². The summed E-state index contributed by atoms with van der Waals surface area (Å²) in [6.45, 7) is 0.144. The normalized spacial score (nSPS) is 12.8. The first-order chi connectivity index (χ1) is 6.27. The summed E-state index contributed by atoms with van der Waals surface area (Å²) in [6, 6.07) is 8.08. The molecule has 2 nitrogen and oxygen atoms in total. The number of hydrogen-bond acceptors (Lipinski definition) is 3. The van der Waals surface area contributed by atoms with Gasteiger partial charge in [-0.15, -0.1) is 11.8 Å². The molecule has 0 radical (unpaired) electrons. The Labute approximate surface area is 83.1 Å². The van der Waals surface area contributed by atoms with Gasteiger partial charge in [0.25, 0.3) is 0 Å². The summed E-state index contributed by atoms with van der Waals surface area (Å²) in [5.41, 5.74) is 6.96. The molecular formula is C10H15NOS. The van der Waals surface area contributed by atoms with Crippen molar-refractivity contribution in [3.8, 4) is 0 Å². The van der Waals surface area contributed by atoms with Crippen LogP contribution >= 0.6 is 11.8 Å². The molecule has 0 spiro atoms. The van der Waals surface area contributed by atoms with Crippen molar-refractivity contribution in [3.05, 3.63) is 29.8 Å². The van der Waals surface area contributed by atoms with Crippen LogP contribution in [0.4, 0.5) is 0 Å². The molecule has 1 atom stereocenters. The quantitative estimate of drug-likeness (QED) is 0.723. The highest BCUT2D eigenvalue weighted by Gasteiger charge is 2.04. The Morgan fingerprint density at radius 1 is 1.54 bits per heavy atom. The molecule has 1 aromatic rings. The molecule has 0 fully saturated rings. The monoisotopic (exact) mass is 197 g/mol. The third-order valence-corrected chi connectivity index (χ3v) is 2.69. The topological polar surface area (TPSA) is 46.2 Å². The van der Waals surface area contributed by atoms with Crippen molar-refractivity contribution < 1.29 is 5.11 Å². The van der Waals surface area contributed by atoms with E-state index in [0.717, 1.165) is 5.56 Å². The Balaban J connectivity index is 2.75. The van der Waals surface area contributed by atoms with E-state index in [4.69, 9.17) is 10.8 Å². The van der Waals surface area contributed by atoms with Crippen LogP contribution in [0.3, 0.4) is 0 Å². The van der Waals surface area contributed by atoms with E-state index in [1.165, 1.54) is 4.90 Å². The second kappa shape index (κ2) is 5.27. The van der Waals surface area contributed by atoms with Crippen LogP contribution in [-0.2, 0) is 0 Å². The van der Waals surface area contributed by atoms with E-state index in [2.05, 4.69) is 12.1 Å². The van der Waals surface area contributed by atoms with Crippen molar-refractivity contribution in [1.82, 2.24) is 0 Å². The highest BCUT2D eigenvalue weighted by Crippen LogP contribution is 2.20. The van der Waals surface area contributed by atoms with Gasteiger partial charge in [0, 0.05) is 17.5 Å². The number of hydrogen-bond donors (Lipinski definition) is 2. The second-order valence-electron chi connectivity index (χ2n) is 2.90. The van der Waals surface area contributed by atoms with Crippen LogP contribution in [0.5, 0.6) is 0 Å². The number of nitrogens with two attached hydrogens (primary N) is 1. The summed E-state index contributed by atoms with van der Waals surface area (Å²) in [7, 11) is 0. The molecule has 13 heavy (non-hydrogen) atoms. The van der Waals surface area contributed by atoms with Crippen molar-refractivity contribution in [2.75, 3.05) is 12.9 Å². The van der Waals surface area contributed by atoms with Gasteiger partial charge in [-0.05, 0) is 30.4 Å². The molecule has 0 saturated carbocycles. The molecule has 0 aliphatic carbocycles. The van der Waals surface area contributed by atoms with Gasteiger partial charge in [-0.25, -0.2) is 0 Å². The standard InChI is InChI=1S/C10H15NOS/c1-13-9-4-2-3-8(7-9)10(11)5-6-12/h2-4,7,10,12H,5-6,11H2,1H3/t10-/m1/s1. The highest BCUT2D eigenvalue weighted by atomic mass is 32.2. The summed E-state index contributed by atoms with van der Waals surface area (Å²) in [6.07, 6.45) is 2.66. The SMILES string of the molecule is CSc1cccc([C@H](N)CCO)c1. The Morgan fingerprint density at radius 2 is 2.31 bits per heavy atom. The van der Waals surface area contributed by atoms with Gasteiger partial charge >= 0.3 is 0 Å². The van der Waals surface area contributed by atoms with Gasteiger partial charge in [0.2, 0.25) is 0 Å².